The highest BCUT2D eigenvalue weighted by atomic mass is 15.3. The summed E-state index contributed by atoms with van der Waals surface area (Å²) in [5.74, 6) is 0. The van der Waals surface area contributed by atoms with Crippen LogP contribution in [0.2, 0.25) is 0 Å². The lowest BCUT2D eigenvalue weighted by molar-refractivity contribution is 0.677. The van der Waals surface area contributed by atoms with Crippen LogP contribution < -0.4 is 0 Å². The van der Waals surface area contributed by atoms with Crippen molar-refractivity contribution in [2.24, 2.45) is 0 Å². The molecule has 2 heteroatoms. The van der Waals surface area contributed by atoms with Gasteiger partial charge in [-0.25, -0.2) is 0 Å². The Morgan fingerprint density at radius 1 is 1.75 bits per heavy atom. The highest BCUT2D eigenvalue weighted by Gasteiger charge is 1.93. The lowest BCUT2D eigenvalue weighted by Crippen LogP contribution is -1.98. The van der Waals surface area contributed by atoms with Crippen LogP contribution in [0.15, 0.2) is 36.7 Å². The minimum atomic E-state index is 0.847. The normalized spacial score (nSPS) is 11.7. The fourth-order valence-electron chi connectivity index (χ4n) is 1.06. The zero-order valence-electron chi connectivity index (χ0n) is 7.62. The summed E-state index contributed by atoms with van der Waals surface area (Å²) in [6, 6.07) is 0. The molecule has 1 aromatic heterocycles. The zero-order valence-corrected chi connectivity index (χ0v) is 7.62. The fourth-order valence-corrected chi connectivity index (χ4v) is 1.06. The van der Waals surface area contributed by atoms with E-state index < -0.39 is 0 Å². The summed E-state index contributed by atoms with van der Waals surface area (Å²) in [5, 5.41) is 4.18. The molecule has 1 rings (SSSR count). The van der Waals surface area contributed by atoms with Gasteiger partial charge in [-0.3, -0.25) is 4.68 Å². The third-order valence-electron chi connectivity index (χ3n) is 1.58. The van der Waals surface area contributed by atoms with Crippen molar-refractivity contribution in [3.8, 4) is 0 Å². The molecule has 1 aromatic rings. The summed E-state index contributed by atoms with van der Waals surface area (Å²) >= 11 is 0. The van der Waals surface area contributed by atoms with Gasteiger partial charge < -0.3 is 0 Å². The molecule has 0 aliphatic rings. The second-order valence-corrected chi connectivity index (χ2v) is 2.96. The first-order valence-corrected chi connectivity index (χ1v) is 3.99. The monoisotopic (exact) mass is 162 g/mol. The highest BCUT2D eigenvalue weighted by molar-refractivity contribution is 5.08. The van der Waals surface area contributed by atoms with E-state index in [1.165, 1.54) is 11.1 Å². The second kappa shape index (κ2) is 3.90. The van der Waals surface area contributed by atoms with Crippen molar-refractivity contribution in [2.45, 2.75) is 20.4 Å². The number of hydrogen-bond acceptors (Lipinski definition) is 1. The lowest BCUT2D eigenvalue weighted by Gasteiger charge is -1.99. The van der Waals surface area contributed by atoms with Crippen molar-refractivity contribution in [1.29, 1.82) is 0 Å². The summed E-state index contributed by atoms with van der Waals surface area (Å²) in [4.78, 5) is 0. The third kappa shape index (κ3) is 2.38. The summed E-state index contributed by atoms with van der Waals surface area (Å²) in [7, 11) is 0. The standard InChI is InChI=1S/C10H14N2/c1-4-5-9(2)7-12-8-10(3)6-11-12/h4-6,8H,1,7H2,2-3H3/b9-5+. The molecule has 0 aliphatic carbocycles. The van der Waals surface area contributed by atoms with E-state index in [1.807, 2.05) is 30.1 Å². The minimum absolute atomic E-state index is 0.847. The maximum Gasteiger partial charge on any atom is 0.0619 e. The SMILES string of the molecule is C=C/C=C(\C)Cn1cc(C)cn1. The van der Waals surface area contributed by atoms with Crippen molar-refractivity contribution >= 4 is 0 Å². The molecule has 0 saturated carbocycles. The molecule has 0 spiro atoms. The molecule has 0 aromatic carbocycles. The average molecular weight is 162 g/mol. The van der Waals surface area contributed by atoms with Gasteiger partial charge in [-0.05, 0) is 19.4 Å². The molecular formula is C10H14N2. The highest BCUT2D eigenvalue weighted by Crippen LogP contribution is 2.00. The predicted molar refractivity (Wildman–Crippen MR) is 50.9 cm³/mol. The van der Waals surface area contributed by atoms with Crippen LogP contribution in [0.4, 0.5) is 0 Å². The number of allylic oxidation sites excluding steroid dienone is 3. The maximum absolute atomic E-state index is 4.18. The van der Waals surface area contributed by atoms with Crippen molar-refractivity contribution in [3.63, 3.8) is 0 Å². The molecule has 0 unspecified atom stereocenters. The van der Waals surface area contributed by atoms with Crippen molar-refractivity contribution in [3.05, 3.63) is 42.3 Å². The van der Waals surface area contributed by atoms with Crippen LogP contribution in [0, 0.1) is 6.92 Å². The van der Waals surface area contributed by atoms with E-state index in [2.05, 4.69) is 18.6 Å². The molecule has 0 atom stereocenters. The van der Waals surface area contributed by atoms with Gasteiger partial charge in [-0.2, -0.15) is 5.10 Å². The fraction of sp³-hybridized carbons (Fsp3) is 0.300. The molecule has 0 radical (unpaired) electrons. The molecule has 0 amide bonds. The molecular weight excluding hydrogens is 148 g/mol. The van der Waals surface area contributed by atoms with Gasteiger partial charge in [0.25, 0.3) is 0 Å². The summed E-state index contributed by atoms with van der Waals surface area (Å²) < 4.78 is 1.92. The Morgan fingerprint density at radius 3 is 3.00 bits per heavy atom. The van der Waals surface area contributed by atoms with E-state index in [9.17, 15) is 0 Å². The molecule has 0 bridgehead atoms. The molecule has 0 aliphatic heterocycles. The minimum Gasteiger partial charge on any atom is -0.268 e. The molecule has 0 N–H and O–H groups in total. The van der Waals surface area contributed by atoms with E-state index in [1.54, 1.807) is 6.08 Å². The lowest BCUT2D eigenvalue weighted by atomic mass is 10.3. The Bertz CT molecular complexity index is 295. The smallest absolute Gasteiger partial charge is 0.0619 e. The molecule has 0 fully saturated rings. The van der Waals surface area contributed by atoms with Crippen molar-refractivity contribution in [1.82, 2.24) is 9.78 Å². The van der Waals surface area contributed by atoms with Gasteiger partial charge in [0, 0.05) is 6.20 Å². The number of hydrogen-bond donors (Lipinski definition) is 0. The van der Waals surface area contributed by atoms with Crippen LogP contribution in [0.5, 0.6) is 0 Å². The largest absolute Gasteiger partial charge is 0.268 e. The van der Waals surface area contributed by atoms with Gasteiger partial charge in [0.2, 0.25) is 0 Å². The Kier molecular flexibility index (Phi) is 2.86. The summed E-state index contributed by atoms with van der Waals surface area (Å²) in [6.45, 7) is 8.59. The molecule has 1 heterocycles. The van der Waals surface area contributed by atoms with E-state index in [4.69, 9.17) is 0 Å². The summed E-state index contributed by atoms with van der Waals surface area (Å²) in [5.41, 5.74) is 2.45. The van der Waals surface area contributed by atoms with Gasteiger partial charge in [0.05, 0.1) is 12.7 Å². The number of aryl methyl sites for hydroxylation is 1. The first kappa shape index (κ1) is 8.78. The van der Waals surface area contributed by atoms with E-state index in [0.717, 1.165) is 6.54 Å². The second-order valence-electron chi connectivity index (χ2n) is 2.96. The molecule has 2 nitrogen and oxygen atoms in total. The zero-order chi connectivity index (χ0) is 8.97. The Hall–Kier alpha value is -1.31. The van der Waals surface area contributed by atoms with Crippen LogP contribution >= 0.6 is 0 Å². The average Bonchev–Trinajstić information content (AvgIpc) is 2.36. The summed E-state index contributed by atoms with van der Waals surface area (Å²) in [6.07, 6.45) is 7.68. The van der Waals surface area contributed by atoms with Gasteiger partial charge in [0.15, 0.2) is 0 Å². The molecule has 64 valence electrons. The van der Waals surface area contributed by atoms with Gasteiger partial charge >= 0.3 is 0 Å². The topological polar surface area (TPSA) is 17.8 Å². The Labute approximate surface area is 73.2 Å². The molecule has 12 heavy (non-hydrogen) atoms. The van der Waals surface area contributed by atoms with E-state index >= 15 is 0 Å². The van der Waals surface area contributed by atoms with Crippen LogP contribution in [-0.4, -0.2) is 9.78 Å². The quantitative estimate of drug-likeness (QED) is 0.624. The Balaban J connectivity index is 2.63. The number of aromatic nitrogens is 2. The van der Waals surface area contributed by atoms with E-state index in [0.29, 0.717) is 0 Å². The van der Waals surface area contributed by atoms with Crippen LogP contribution in [0.3, 0.4) is 0 Å². The van der Waals surface area contributed by atoms with Crippen molar-refractivity contribution < 1.29 is 0 Å². The van der Waals surface area contributed by atoms with Gasteiger partial charge in [-0.1, -0.05) is 24.3 Å². The van der Waals surface area contributed by atoms with Crippen LogP contribution in [0.25, 0.3) is 0 Å². The van der Waals surface area contributed by atoms with Crippen LogP contribution in [-0.2, 0) is 6.54 Å². The number of nitrogens with zero attached hydrogens (tertiary/aromatic N) is 2. The van der Waals surface area contributed by atoms with Gasteiger partial charge in [0.1, 0.15) is 0 Å². The van der Waals surface area contributed by atoms with Crippen LogP contribution in [0.1, 0.15) is 12.5 Å². The van der Waals surface area contributed by atoms with E-state index in [-0.39, 0.29) is 0 Å². The van der Waals surface area contributed by atoms with Gasteiger partial charge in [-0.15, -0.1) is 0 Å². The van der Waals surface area contributed by atoms with Crippen molar-refractivity contribution in [2.75, 3.05) is 0 Å². The maximum atomic E-state index is 4.18. The predicted octanol–water partition coefficient (Wildman–Crippen LogP) is 2.32. The number of rotatable bonds is 3. The Morgan fingerprint density at radius 2 is 2.50 bits per heavy atom. The third-order valence-corrected chi connectivity index (χ3v) is 1.58. The first-order valence-electron chi connectivity index (χ1n) is 3.99. The molecule has 0 saturated heterocycles. The first-order chi connectivity index (χ1) is 5.72.